The van der Waals surface area contributed by atoms with Crippen LogP contribution < -0.4 is 5.32 Å². The maximum Gasteiger partial charge on any atom is 0.322 e. The molecule has 1 unspecified atom stereocenters. The first-order valence-electron chi connectivity index (χ1n) is 5.12. The number of nitrogens with one attached hydrogen (secondary N) is 1. The lowest BCUT2D eigenvalue weighted by atomic mass is 10.3. The highest BCUT2D eigenvalue weighted by Crippen LogP contribution is 1.89. The summed E-state index contributed by atoms with van der Waals surface area (Å²) in [5.74, 6) is -0.166. The van der Waals surface area contributed by atoms with Gasteiger partial charge in [-0.15, -0.1) is 0 Å². The Morgan fingerprint density at radius 2 is 2.14 bits per heavy atom. The second kappa shape index (κ2) is 7.76. The molecule has 4 heteroatoms. The van der Waals surface area contributed by atoms with Gasteiger partial charge in [0.15, 0.2) is 0 Å². The second-order valence-corrected chi connectivity index (χ2v) is 3.65. The first-order valence-corrected chi connectivity index (χ1v) is 5.12. The number of esters is 1. The summed E-state index contributed by atoms with van der Waals surface area (Å²) in [5.41, 5.74) is 0. The average molecular weight is 202 g/mol. The van der Waals surface area contributed by atoms with Gasteiger partial charge in [0, 0.05) is 6.54 Å². The molecule has 14 heavy (non-hydrogen) atoms. The van der Waals surface area contributed by atoms with E-state index in [1.54, 1.807) is 0 Å². The van der Waals surface area contributed by atoms with E-state index in [1.165, 1.54) is 0 Å². The quantitative estimate of drug-likeness (QED) is 0.610. The first-order chi connectivity index (χ1) is 6.57. The number of nitrogens with zero attached hydrogens (tertiary/aromatic N) is 1. The zero-order chi connectivity index (χ0) is 11.0. The number of ether oxygens (including phenoxy) is 1. The molecule has 0 aliphatic heterocycles. The zero-order valence-electron chi connectivity index (χ0n) is 9.67. The lowest BCUT2D eigenvalue weighted by molar-refractivity contribution is -0.145. The van der Waals surface area contributed by atoms with Crippen molar-refractivity contribution in [2.24, 2.45) is 0 Å². The van der Waals surface area contributed by atoms with Gasteiger partial charge in [0.1, 0.15) is 12.6 Å². The standard InChI is InChI=1S/C10H22N2O2/c1-5-6-11-9(2)10(13)14-8-7-12(3)4/h9,11H,5-8H2,1-4H3. The van der Waals surface area contributed by atoms with Crippen molar-refractivity contribution in [3.63, 3.8) is 0 Å². The Labute approximate surface area is 86.6 Å². The maximum atomic E-state index is 11.3. The van der Waals surface area contributed by atoms with E-state index in [2.05, 4.69) is 12.2 Å². The van der Waals surface area contributed by atoms with Crippen LogP contribution in [0.25, 0.3) is 0 Å². The van der Waals surface area contributed by atoms with Crippen LogP contribution in [0.3, 0.4) is 0 Å². The monoisotopic (exact) mass is 202 g/mol. The van der Waals surface area contributed by atoms with Crippen molar-refractivity contribution in [3.05, 3.63) is 0 Å². The number of likely N-dealkylation sites (N-methyl/N-ethyl adjacent to an activating group) is 1. The van der Waals surface area contributed by atoms with Crippen LogP contribution in [-0.2, 0) is 9.53 Å². The molecule has 0 aromatic rings. The van der Waals surface area contributed by atoms with Gasteiger partial charge in [0.25, 0.3) is 0 Å². The van der Waals surface area contributed by atoms with Gasteiger partial charge in [-0.05, 0) is 34.0 Å². The third kappa shape index (κ3) is 6.86. The highest BCUT2D eigenvalue weighted by atomic mass is 16.5. The third-order valence-corrected chi connectivity index (χ3v) is 1.84. The summed E-state index contributed by atoms with van der Waals surface area (Å²) in [6.45, 7) is 5.98. The molecular formula is C10H22N2O2. The highest BCUT2D eigenvalue weighted by Gasteiger charge is 2.12. The van der Waals surface area contributed by atoms with E-state index in [-0.39, 0.29) is 12.0 Å². The largest absolute Gasteiger partial charge is 0.463 e. The number of hydrogen-bond acceptors (Lipinski definition) is 4. The van der Waals surface area contributed by atoms with Crippen LogP contribution in [0.2, 0.25) is 0 Å². The van der Waals surface area contributed by atoms with Crippen LogP contribution in [0.4, 0.5) is 0 Å². The summed E-state index contributed by atoms with van der Waals surface area (Å²) >= 11 is 0. The third-order valence-electron chi connectivity index (χ3n) is 1.84. The molecule has 0 aliphatic carbocycles. The van der Waals surface area contributed by atoms with E-state index >= 15 is 0 Å². The van der Waals surface area contributed by atoms with Crippen LogP contribution in [-0.4, -0.2) is 50.7 Å². The molecule has 0 fully saturated rings. The smallest absolute Gasteiger partial charge is 0.322 e. The molecule has 0 heterocycles. The average Bonchev–Trinajstić information content (AvgIpc) is 2.13. The minimum atomic E-state index is -0.197. The molecule has 0 rings (SSSR count). The first kappa shape index (κ1) is 13.4. The lowest BCUT2D eigenvalue weighted by Crippen LogP contribution is -2.36. The van der Waals surface area contributed by atoms with E-state index in [1.807, 2.05) is 25.9 Å². The van der Waals surface area contributed by atoms with E-state index in [9.17, 15) is 4.79 Å². The summed E-state index contributed by atoms with van der Waals surface area (Å²) in [7, 11) is 3.90. The van der Waals surface area contributed by atoms with E-state index < -0.39 is 0 Å². The molecule has 84 valence electrons. The van der Waals surface area contributed by atoms with Crippen molar-refractivity contribution >= 4 is 5.97 Å². The van der Waals surface area contributed by atoms with Crippen molar-refractivity contribution in [1.82, 2.24) is 10.2 Å². The topological polar surface area (TPSA) is 41.6 Å². The van der Waals surface area contributed by atoms with Gasteiger partial charge < -0.3 is 15.0 Å². The summed E-state index contributed by atoms with van der Waals surface area (Å²) in [5, 5.41) is 3.08. The highest BCUT2D eigenvalue weighted by molar-refractivity contribution is 5.75. The molecule has 0 radical (unpaired) electrons. The van der Waals surface area contributed by atoms with Gasteiger partial charge in [-0.2, -0.15) is 0 Å². The zero-order valence-corrected chi connectivity index (χ0v) is 9.67. The predicted octanol–water partition coefficient (Wildman–Crippen LogP) is 0.479. The van der Waals surface area contributed by atoms with Gasteiger partial charge in [-0.3, -0.25) is 4.79 Å². The van der Waals surface area contributed by atoms with E-state index in [0.717, 1.165) is 19.5 Å². The molecule has 1 atom stereocenters. The number of hydrogen-bond donors (Lipinski definition) is 1. The van der Waals surface area contributed by atoms with Gasteiger partial charge in [-0.1, -0.05) is 6.92 Å². The van der Waals surface area contributed by atoms with Gasteiger partial charge in [-0.25, -0.2) is 0 Å². The maximum absolute atomic E-state index is 11.3. The van der Waals surface area contributed by atoms with Crippen LogP contribution in [0.5, 0.6) is 0 Å². The van der Waals surface area contributed by atoms with E-state index in [0.29, 0.717) is 6.61 Å². The molecule has 0 saturated carbocycles. The molecule has 0 spiro atoms. The molecule has 0 amide bonds. The summed E-state index contributed by atoms with van der Waals surface area (Å²) in [4.78, 5) is 13.3. The fourth-order valence-corrected chi connectivity index (χ4v) is 0.898. The Balaban J connectivity index is 3.52. The van der Waals surface area contributed by atoms with Crippen LogP contribution in [0.1, 0.15) is 20.3 Å². The molecule has 0 saturated heterocycles. The van der Waals surface area contributed by atoms with E-state index in [4.69, 9.17) is 4.74 Å². The number of carbonyl (C=O) groups is 1. The van der Waals surface area contributed by atoms with Crippen molar-refractivity contribution in [2.45, 2.75) is 26.3 Å². The minimum Gasteiger partial charge on any atom is -0.463 e. The normalized spacial score (nSPS) is 12.9. The van der Waals surface area contributed by atoms with Crippen molar-refractivity contribution in [2.75, 3.05) is 33.8 Å². The fraction of sp³-hybridized carbons (Fsp3) is 0.900. The summed E-state index contributed by atoms with van der Waals surface area (Å²) in [6, 6.07) is -0.197. The lowest BCUT2D eigenvalue weighted by Gasteiger charge is -2.14. The molecule has 0 aromatic carbocycles. The van der Waals surface area contributed by atoms with Gasteiger partial charge in [0.05, 0.1) is 0 Å². The Morgan fingerprint density at radius 1 is 1.50 bits per heavy atom. The van der Waals surface area contributed by atoms with Crippen molar-refractivity contribution in [1.29, 1.82) is 0 Å². The van der Waals surface area contributed by atoms with Crippen LogP contribution in [0.15, 0.2) is 0 Å². The van der Waals surface area contributed by atoms with Crippen molar-refractivity contribution in [3.8, 4) is 0 Å². The molecule has 4 nitrogen and oxygen atoms in total. The predicted molar refractivity (Wildman–Crippen MR) is 57.3 cm³/mol. The SMILES string of the molecule is CCCNC(C)C(=O)OCCN(C)C. The fourth-order valence-electron chi connectivity index (χ4n) is 0.898. The Kier molecular flexibility index (Phi) is 7.42. The Hall–Kier alpha value is -0.610. The summed E-state index contributed by atoms with van der Waals surface area (Å²) in [6.07, 6.45) is 1.02. The van der Waals surface area contributed by atoms with Crippen LogP contribution in [0, 0.1) is 0 Å². The number of rotatable bonds is 7. The Bertz CT molecular complexity index is 160. The molecule has 0 bridgehead atoms. The summed E-state index contributed by atoms with van der Waals surface area (Å²) < 4.78 is 5.07. The van der Waals surface area contributed by atoms with Gasteiger partial charge in [0.2, 0.25) is 0 Å². The number of carbonyl (C=O) groups excluding carboxylic acids is 1. The van der Waals surface area contributed by atoms with Crippen molar-refractivity contribution < 1.29 is 9.53 Å². The molecule has 1 N–H and O–H groups in total. The van der Waals surface area contributed by atoms with Crippen LogP contribution >= 0.6 is 0 Å². The molecule has 0 aromatic heterocycles. The van der Waals surface area contributed by atoms with Gasteiger partial charge >= 0.3 is 5.97 Å². The molecular weight excluding hydrogens is 180 g/mol. The minimum absolute atomic E-state index is 0.166. The molecule has 0 aliphatic rings. The Morgan fingerprint density at radius 3 is 2.64 bits per heavy atom. The second-order valence-electron chi connectivity index (χ2n) is 3.65.